The highest BCUT2D eigenvalue weighted by atomic mass is 16.5. The summed E-state index contributed by atoms with van der Waals surface area (Å²) >= 11 is 0. The summed E-state index contributed by atoms with van der Waals surface area (Å²) in [5.74, 6) is 1.88. The molecule has 0 amide bonds. The van der Waals surface area contributed by atoms with Crippen LogP contribution in [0.1, 0.15) is 0 Å². The van der Waals surface area contributed by atoms with Crippen LogP contribution in [0, 0.1) is 0 Å². The van der Waals surface area contributed by atoms with E-state index in [1.54, 1.807) is 26.5 Å². The molecule has 0 radical (unpaired) electrons. The van der Waals surface area contributed by atoms with Gasteiger partial charge < -0.3 is 15.2 Å². The molecule has 0 atom stereocenters. The number of nitrogen functional groups attached to an aromatic ring is 1. The van der Waals surface area contributed by atoms with Crippen molar-refractivity contribution in [2.24, 2.45) is 0 Å². The molecule has 0 saturated heterocycles. The van der Waals surface area contributed by atoms with Crippen LogP contribution in [-0.2, 0) is 0 Å². The van der Waals surface area contributed by atoms with E-state index in [9.17, 15) is 0 Å². The molecule has 0 bridgehead atoms. The lowest BCUT2D eigenvalue weighted by molar-refractivity contribution is 0.356. The Bertz CT molecular complexity index is 497. The van der Waals surface area contributed by atoms with Crippen LogP contribution in [0.4, 0.5) is 5.82 Å². The summed E-state index contributed by atoms with van der Waals surface area (Å²) in [5, 5.41) is 1.96. The van der Waals surface area contributed by atoms with Gasteiger partial charge in [-0.2, -0.15) is 0 Å². The van der Waals surface area contributed by atoms with Crippen molar-refractivity contribution >= 4 is 16.6 Å². The number of hydrogen-bond donors (Lipinski definition) is 1. The second kappa shape index (κ2) is 3.65. The first-order valence-electron chi connectivity index (χ1n) is 4.52. The third-order valence-corrected chi connectivity index (χ3v) is 2.25. The minimum absolute atomic E-state index is 0.495. The van der Waals surface area contributed by atoms with Crippen LogP contribution in [-0.4, -0.2) is 19.2 Å². The highest BCUT2D eigenvalue weighted by Crippen LogP contribution is 2.32. The fourth-order valence-corrected chi connectivity index (χ4v) is 1.49. The van der Waals surface area contributed by atoms with Gasteiger partial charge in [0.15, 0.2) is 11.5 Å². The molecule has 0 spiro atoms. The van der Waals surface area contributed by atoms with Gasteiger partial charge in [-0.3, -0.25) is 0 Å². The zero-order chi connectivity index (χ0) is 10.8. The van der Waals surface area contributed by atoms with E-state index in [1.165, 1.54) is 0 Å². The van der Waals surface area contributed by atoms with Gasteiger partial charge in [0, 0.05) is 11.6 Å². The van der Waals surface area contributed by atoms with E-state index >= 15 is 0 Å². The van der Waals surface area contributed by atoms with Gasteiger partial charge in [0.25, 0.3) is 0 Å². The largest absolute Gasteiger partial charge is 0.493 e. The number of ether oxygens (including phenoxy) is 2. The number of rotatable bonds is 2. The summed E-state index contributed by atoms with van der Waals surface area (Å²) in [6, 6.07) is 5.56. The Kier molecular flexibility index (Phi) is 2.33. The van der Waals surface area contributed by atoms with Gasteiger partial charge in [-0.25, -0.2) is 4.98 Å². The van der Waals surface area contributed by atoms with Gasteiger partial charge in [0.2, 0.25) is 0 Å². The fraction of sp³-hybridized carbons (Fsp3) is 0.182. The van der Waals surface area contributed by atoms with Crippen LogP contribution >= 0.6 is 0 Å². The highest BCUT2D eigenvalue weighted by molar-refractivity contribution is 5.87. The lowest BCUT2D eigenvalue weighted by Gasteiger charge is -2.08. The summed E-state index contributed by atoms with van der Waals surface area (Å²) < 4.78 is 10.4. The van der Waals surface area contributed by atoms with Gasteiger partial charge in [-0.1, -0.05) is 0 Å². The maximum Gasteiger partial charge on any atom is 0.161 e. The van der Waals surface area contributed by atoms with Crippen molar-refractivity contribution in [1.82, 2.24) is 4.98 Å². The first-order chi connectivity index (χ1) is 7.24. The maximum absolute atomic E-state index is 5.60. The molecule has 1 aromatic carbocycles. The molecule has 1 aromatic heterocycles. The highest BCUT2D eigenvalue weighted by Gasteiger charge is 2.05. The van der Waals surface area contributed by atoms with Gasteiger partial charge >= 0.3 is 0 Å². The molecule has 4 heteroatoms. The number of pyridine rings is 1. The van der Waals surface area contributed by atoms with Crippen molar-refractivity contribution in [3.63, 3.8) is 0 Å². The second-order valence-corrected chi connectivity index (χ2v) is 3.16. The smallest absolute Gasteiger partial charge is 0.161 e. The Morgan fingerprint density at radius 3 is 2.20 bits per heavy atom. The molecule has 2 N–H and O–H groups in total. The average Bonchev–Trinajstić information content (AvgIpc) is 2.27. The predicted molar refractivity (Wildman–Crippen MR) is 59.3 cm³/mol. The van der Waals surface area contributed by atoms with E-state index < -0.39 is 0 Å². The van der Waals surface area contributed by atoms with Crippen molar-refractivity contribution in [2.45, 2.75) is 0 Å². The third-order valence-electron chi connectivity index (χ3n) is 2.25. The number of fused-ring (bicyclic) bond motifs is 1. The van der Waals surface area contributed by atoms with Crippen LogP contribution in [0.3, 0.4) is 0 Å². The van der Waals surface area contributed by atoms with Crippen molar-refractivity contribution in [3.05, 3.63) is 24.4 Å². The number of aromatic nitrogens is 1. The molecule has 1 heterocycles. The van der Waals surface area contributed by atoms with Crippen molar-refractivity contribution in [3.8, 4) is 11.5 Å². The van der Waals surface area contributed by atoms with E-state index in [0.29, 0.717) is 17.3 Å². The minimum atomic E-state index is 0.495. The van der Waals surface area contributed by atoms with Crippen LogP contribution in [0.25, 0.3) is 10.8 Å². The summed E-state index contributed by atoms with van der Waals surface area (Å²) in [5.41, 5.74) is 5.60. The number of methoxy groups -OCH3 is 2. The number of nitrogens with zero attached hydrogens (tertiary/aromatic N) is 1. The molecular formula is C11H12N2O2. The molecule has 2 aromatic rings. The van der Waals surface area contributed by atoms with Crippen molar-refractivity contribution in [1.29, 1.82) is 0 Å². The number of nitrogens with two attached hydrogens (primary N) is 1. The summed E-state index contributed by atoms with van der Waals surface area (Å²) in [6.07, 6.45) is 1.71. The van der Waals surface area contributed by atoms with Crippen LogP contribution in [0.15, 0.2) is 24.4 Å². The number of benzene rings is 1. The van der Waals surface area contributed by atoms with Crippen LogP contribution in [0.2, 0.25) is 0 Å². The zero-order valence-electron chi connectivity index (χ0n) is 8.65. The van der Waals surface area contributed by atoms with E-state index in [4.69, 9.17) is 15.2 Å². The van der Waals surface area contributed by atoms with E-state index in [0.717, 1.165) is 10.8 Å². The molecular weight excluding hydrogens is 192 g/mol. The second-order valence-electron chi connectivity index (χ2n) is 3.16. The Balaban J connectivity index is 2.69. The van der Waals surface area contributed by atoms with E-state index in [-0.39, 0.29) is 0 Å². The van der Waals surface area contributed by atoms with Crippen molar-refractivity contribution < 1.29 is 9.47 Å². The Labute approximate surface area is 87.6 Å². The standard InChI is InChI=1S/C11H12N2O2/c1-14-9-3-7-5-11(12)13-6-8(7)4-10(9)15-2/h3-6H,1-2H3,(H2,12,13). The van der Waals surface area contributed by atoms with Gasteiger partial charge in [0.1, 0.15) is 5.82 Å². The molecule has 0 aliphatic rings. The monoisotopic (exact) mass is 204 g/mol. The molecule has 4 nitrogen and oxygen atoms in total. The van der Waals surface area contributed by atoms with Gasteiger partial charge in [-0.05, 0) is 23.6 Å². The van der Waals surface area contributed by atoms with Crippen LogP contribution < -0.4 is 15.2 Å². The predicted octanol–water partition coefficient (Wildman–Crippen LogP) is 1.83. The summed E-state index contributed by atoms with van der Waals surface area (Å²) in [7, 11) is 3.21. The third kappa shape index (κ3) is 1.66. The molecule has 0 aliphatic carbocycles. The SMILES string of the molecule is COc1cc2cnc(N)cc2cc1OC. The summed E-state index contributed by atoms with van der Waals surface area (Å²) in [4.78, 5) is 4.02. The van der Waals surface area contributed by atoms with Gasteiger partial charge in [-0.15, -0.1) is 0 Å². The number of anilines is 1. The lowest BCUT2D eigenvalue weighted by atomic mass is 10.1. The molecule has 0 unspecified atom stereocenters. The first kappa shape index (κ1) is 9.58. The van der Waals surface area contributed by atoms with Gasteiger partial charge in [0.05, 0.1) is 14.2 Å². The molecule has 15 heavy (non-hydrogen) atoms. The average molecular weight is 204 g/mol. The van der Waals surface area contributed by atoms with E-state index in [1.807, 2.05) is 12.1 Å². The van der Waals surface area contributed by atoms with Crippen LogP contribution in [0.5, 0.6) is 11.5 Å². The maximum atomic E-state index is 5.60. The molecule has 78 valence electrons. The number of hydrogen-bond acceptors (Lipinski definition) is 4. The fourth-order valence-electron chi connectivity index (χ4n) is 1.49. The van der Waals surface area contributed by atoms with E-state index in [2.05, 4.69) is 4.98 Å². The molecule has 2 rings (SSSR count). The minimum Gasteiger partial charge on any atom is -0.493 e. The molecule has 0 aliphatic heterocycles. The Morgan fingerprint density at radius 1 is 1.00 bits per heavy atom. The quantitative estimate of drug-likeness (QED) is 0.810. The molecule has 0 saturated carbocycles. The topological polar surface area (TPSA) is 57.4 Å². The first-order valence-corrected chi connectivity index (χ1v) is 4.52. The lowest BCUT2D eigenvalue weighted by Crippen LogP contribution is -1.92. The Morgan fingerprint density at radius 2 is 1.60 bits per heavy atom. The summed E-state index contributed by atoms with van der Waals surface area (Å²) in [6.45, 7) is 0. The Hall–Kier alpha value is -1.97. The zero-order valence-corrected chi connectivity index (χ0v) is 8.65. The van der Waals surface area contributed by atoms with Crippen molar-refractivity contribution in [2.75, 3.05) is 20.0 Å². The normalized spacial score (nSPS) is 10.3. The molecule has 0 fully saturated rings.